The summed E-state index contributed by atoms with van der Waals surface area (Å²) in [5.41, 5.74) is 1.33. The zero-order chi connectivity index (χ0) is 12.1. The summed E-state index contributed by atoms with van der Waals surface area (Å²) in [6.07, 6.45) is 0. The van der Waals surface area contributed by atoms with Crippen molar-refractivity contribution in [2.24, 2.45) is 0 Å². The number of para-hydroxylation sites is 1. The number of aliphatic hydroxyl groups excluding tert-OH is 1. The van der Waals surface area contributed by atoms with Gasteiger partial charge in [-0.3, -0.25) is 0 Å². The molecule has 3 heteroatoms. The summed E-state index contributed by atoms with van der Waals surface area (Å²) in [5, 5.41) is 12.3. The fourth-order valence-corrected chi connectivity index (χ4v) is 1.69. The molecule has 2 rings (SSSR count). The topological polar surface area (TPSA) is 32.3 Å². The molecule has 0 spiro atoms. The van der Waals surface area contributed by atoms with Crippen molar-refractivity contribution in [3.8, 4) is 0 Å². The summed E-state index contributed by atoms with van der Waals surface area (Å²) in [6.45, 7) is -0.0850. The van der Waals surface area contributed by atoms with E-state index in [9.17, 15) is 9.50 Å². The van der Waals surface area contributed by atoms with Crippen molar-refractivity contribution >= 4 is 5.69 Å². The van der Waals surface area contributed by atoms with Gasteiger partial charge in [0.15, 0.2) is 0 Å². The van der Waals surface area contributed by atoms with Crippen LogP contribution in [0.15, 0.2) is 54.6 Å². The Morgan fingerprint density at radius 2 is 1.65 bits per heavy atom. The van der Waals surface area contributed by atoms with E-state index in [1.54, 1.807) is 18.2 Å². The van der Waals surface area contributed by atoms with E-state index >= 15 is 0 Å². The number of nitrogens with one attached hydrogen (secondary N) is 1. The van der Waals surface area contributed by atoms with Gasteiger partial charge >= 0.3 is 0 Å². The van der Waals surface area contributed by atoms with Crippen LogP contribution in [0.1, 0.15) is 11.6 Å². The molecule has 2 nitrogen and oxygen atoms in total. The minimum Gasteiger partial charge on any atom is -0.394 e. The fraction of sp³-hybridized carbons (Fsp3) is 0.143. The fourth-order valence-electron chi connectivity index (χ4n) is 1.69. The largest absolute Gasteiger partial charge is 0.394 e. The molecule has 2 aromatic rings. The van der Waals surface area contributed by atoms with Crippen LogP contribution in [0, 0.1) is 5.82 Å². The Balaban J connectivity index is 2.19. The average molecular weight is 231 g/mol. The third kappa shape index (κ3) is 2.82. The zero-order valence-electron chi connectivity index (χ0n) is 9.31. The molecule has 0 aromatic heterocycles. The van der Waals surface area contributed by atoms with E-state index in [-0.39, 0.29) is 18.5 Å². The van der Waals surface area contributed by atoms with Gasteiger partial charge in [-0.2, -0.15) is 0 Å². The maximum Gasteiger partial charge on any atom is 0.146 e. The van der Waals surface area contributed by atoms with Crippen LogP contribution in [0.4, 0.5) is 10.1 Å². The number of halogens is 1. The molecule has 0 aliphatic carbocycles. The summed E-state index contributed by atoms with van der Waals surface area (Å²) >= 11 is 0. The van der Waals surface area contributed by atoms with Gasteiger partial charge in [-0.25, -0.2) is 4.39 Å². The van der Waals surface area contributed by atoms with Crippen molar-refractivity contribution < 1.29 is 9.50 Å². The monoisotopic (exact) mass is 231 g/mol. The van der Waals surface area contributed by atoms with Crippen LogP contribution in [-0.2, 0) is 0 Å². The van der Waals surface area contributed by atoms with Crippen LogP contribution in [0.2, 0.25) is 0 Å². The van der Waals surface area contributed by atoms with Gasteiger partial charge < -0.3 is 10.4 Å². The van der Waals surface area contributed by atoms with Gasteiger partial charge in [0.1, 0.15) is 5.82 Å². The third-order valence-corrected chi connectivity index (χ3v) is 2.59. The Morgan fingerprint density at radius 1 is 1.00 bits per heavy atom. The number of rotatable bonds is 4. The van der Waals surface area contributed by atoms with E-state index in [1.165, 1.54) is 6.07 Å². The second-order valence-electron chi connectivity index (χ2n) is 3.77. The van der Waals surface area contributed by atoms with Crippen LogP contribution < -0.4 is 5.32 Å². The van der Waals surface area contributed by atoms with Crippen LogP contribution in [0.5, 0.6) is 0 Å². The van der Waals surface area contributed by atoms with E-state index in [0.29, 0.717) is 5.69 Å². The molecular weight excluding hydrogens is 217 g/mol. The van der Waals surface area contributed by atoms with Gasteiger partial charge in [0.2, 0.25) is 0 Å². The first kappa shape index (κ1) is 11.6. The van der Waals surface area contributed by atoms with E-state index in [4.69, 9.17) is 0 Å². The second-order valence-corrected chi connectivity index (χ2v) is 3.77. The van der Waals surface area contributed by atoms with Crippen LogP contribution >= 0.6 is 0 Å². The van der Waals surface area contributed by atoms with Crippen molar-refractivity contribution in [3.05, 3.63) is 66.0 Å². The molecule has 0 radical (unpaired) electrons. The molecule has 0 heterocycles. The summed E-state index contributed by atoms with van der Waals surface area (Å²) in [6, 6.07) is 15.6. The van der Waals surface area contributed by atoms with Crippen molar-refractivity contribution in [2.75, 3.05) is 11.9 Å². The molecule has 0 unspecified atom stereocenters. The van der Waals surface area contributed by atoms with Crippen LogP contribution in [0.3, 0.4) is 0 Å². The van der Waals surface area contributed by atoms with E-state index in [0.717, 1.165) is 5.56 Å². The number of hydrogen-bond acceptors (Lipinski definition) is 2. The molecule has 88 valence electrons. The molecule has 1 atom stereocenters. The third-order valence-electron chi connectivity index (χ3n) is 2.59. The zero-order valence-corrected chi connectivity index (χ0v) is 9.31. The number of aliphatic hydroxyl groups is 1. The predicted molar refractivity (Wildman–Crippen MR) is 66.3 cm³/mol. The van der Waals surface area contributed by atoms with Gasteiger partial charge in [0.25, 0.3) is 0 Å². The smallest absolute Gasteiger partial charge is 0.146 e. The van der Waals surface area contributed by atoms with E-state index < -0.39 is 0 Å². The molecular formula is C14H14FNO. The summed E-state index contributed by atoms with van der Waals surface area (Å²) in [5.74, 6) is -0.318. The lowest BCUT2D eigenvalue weighted by Gasteiger charge is -2.18. The Kier molecular flexibility index (Phi) is 3.73. The highest BCUT2D eigenvalue weighted by Crippen LogP contribution is 2.21. The second kappa shape index (κ2) is 5.46. The van der Waals surface area contributed by atoms with Crippen molar-refractivity contribution in [2.45, 2.75) is 6.04 Å². The van der Waals surface area contributed by atoms with E-state index in [1.807, 2.05) is 30.3 Å². The lowest BCUT2D eigenvalue weighted by Crippen LogP contribution is -2.15. The minimum atomic E-state index is -0.318. The van der Waals surface area contributed by atoms with Gasteiger partial charge in [0, 0.05) is 0 Å². The minimum absolute atomic E-state index is 0.0850. The maximum absolute atomic E-state index is 13.5. The SMILES string of the molecule is OC[C@@H](Nc1ccccc1F)c1ccccc1. The van der Waals surface area contributed by atoms with Crippen LogP contribution in [-0.4, -0.2) is 11.7 Å². The maximum atomic E-state index is 13.5. The van der Waals surface area contributed by atoms with Gasteiger partial charge in [-0.05, 0) is 17.7 Å². The highest BCUT2D eigenvalue weighted by molar-refractivity contribution is 5.46. The number of benzene rings is 2. The summed E-state index contributed by atoms with van der Waals surface area (Å²) in [7, 11) is 0. The molecule has 2 aromatic carbocycles. The highest BCUT2D eigenvalue weighted by atomic mass is 19.1. The van der Waals surface area contributed by atoms with Crippen molar-refractivity contribution in [1.82, 2.24) is 0 Å². The van der Waals surface area contributed by atoms with E-state index in [2.05, 4.69) is 5.32 Å². The normalized spacial score (nSPS) is 12.1. The summed E-state index contributed by atoms with van der Waals surface area (Å²) < 4.78 is 13.5. The average Bonchev–Trinajstić information content (AvgIpc) is 2.39. The van der Waals surface area contributed by atoms with Crippen LogP contribution in [0.25, 0.3) is 0 Å². The first-order valence-electron chi connectivity index (χ1n) is 5.48. The molecule has 0 aliphatic rings. The first-order valence-corrected chi connectivity index (χ1v) is 5.48. The Hall–Kier alpha value is -1.87. The molecule has 0 saturated carbocycles. The molecule has 17 heavy (non-hydrogen) atoms. The molecule has 0 aliphatic heterocycles. The number of hydrogen-bond donors (Lipinski definition) is 2. The predicted octanol–water partition coefficient (Wildman–Crippen LogP) is 2.97. The molecule has 0 fully saturated rings. The lowest BCUT2D eigenvalue weighted by atomic mass is 10.1. The molecule has 0 bridgehead atoms. The Morgan fingerprint density at radius 3 is 2.29 bits per heavy atom. The van der Waals surface area contributed by atoms with Gasteiger partial charge in [-0.1, -0.05) is 42.5 Å². The van der Waals surface area contributed by atoms with Gasteiger partial charge in [-0.15, -0.1) is 0 Å². The molecule has 0 amide bonds. The lowest BCUT2D eigenvalue weighted by molar-refractivity contribution is 0.276. The quantitative estimate of drug-likeness (QED) is 0.847. The number of anilines is 1. The first-order chi connectivity index (χ1) is 8.31. The summed E-state index contributed by atoms with van der Waals surface area (Å²) in [4.78, 5) is 0. The Bertz CT molecular complexity index is 473. The highest BCUT2D eigenvalue weighted by Gasteiger charge is 2.11. The molecule has 0 saturated heterocycles. The molecule has 2 N–H and O–H groups in total. The van der Waals surface area contributed by atoms with Crippen molar-refractivity contribution in [1.29, 1.82) is 0 Å². The van der Waals surface area contributed by atoms with Crippen molar-refractivity contribution in [3.63, 3.8) is 0 Å². The Labute approximate surface area is 99.7 Å². The standard InChI is InChI=1S/C14H14FNO/c15-12-8-4-5-9-13(12)16-14(10-17)11-6-2-1-3-7-11/h1-9,14,16-17H,10H2/t14-/m1/s1. The van der Waals surface area contributed by atoms with Gasteiger partial charge in [0.05, 0.1) is 18.3 Å².